The summed E-state index contributed by atoms with van der Waals surface area (Å²) in [4.78, 5) is 318. The minimum absolute atomic E-state index is 0.00285. The number of benzene rings is 2. The number of aliphatic hydroxyl groups is 3. The molecule has 52 nitrogen and oxygen atoms in total. The largest absolute Gasteiger partial charge is 0.481 e. The van der Waals surface area contributed by atoms with Crippen LogP contribution in [0.4, 0.5) is 0 Å². The SMILES string of the molecule is CC[C@H](C)[C@H](NC(=O)CNC(=O)[C@H](CCC(=O)O)NC(=O)[C@H](C)N)C(=O)NCC(=O)N[C@@H](C)C(=O)N[C@@H](CC(C)C)C(=O)N[C@@H](Cc1ccccc1)C(=O)N[C@@H](CC(C)C)C(=O)NCC(=O)N[C@@H](Cc1ccccc1)C(=O)N[C@@H](CC(C)C)C(=O)NCC(=O)N[C@@H](C)C(=O)N[C@@H](C)C(=O)NCC(=O)N[C@@H](CO)C(=O)N[C@H](C(=O)N[C@@H](CCSC)C(=O)NCC(=O)N[C@@H](C)C(=O)N[C@@H](C)C(=O)N[C@@H](CO)C(=O)O)[C@@H](C)O. The lowest BCUT2D eigenvalue weighted by molar-refractivity contribution is -0.143. The van der Waals surface area contributed by atoms with Crippen LogP contribution in [-0.4, -0.2) is 341 Å². The number of aliphatic carboxylic acids is 2. The van der Waals surface area contributed by atoms with E-state index in [1.165, 1.54) is 53.3 Å². The topological polar surface area (TPSA) is 802 Å². The molecule has 0 radical (unpaired) electrons. The van der Waals surface area contributed by atoms with E-state index in [0.29, 0.717) is 17.5 Å². The minimum atomic E-state index is -1.84. The van der Waals surface area contributed by atoms with Crippen LogP contribution in [0.15, 0.2) is 60.7 Å². The second kappa shape index (κ2) is 66.0. The second-order valence-corrected chi connectivity index (χ2v) is 36.9. The van der Waals surface area contributed by atoms with Gasteiger partial charge < -0.3 is 148 Å². The Bertz CT molecular complexity index is 4750. The van der Waals surface area contributed by atoms with Gasteiger partial charge in [-0.25, -0.2) is 4.79 Å². The van der Waals surface area contributed by atoms with Crippen LogP contribution in [0.3, 0.4) is 0 Å². The Kier molecular flexibility index (Phi) is 57.8. The van der Waals surface area contributed by atoms with Crippen molar-refractivity contribution in [2.24, 2.45) is 29.4 Å². The number of carbonyl (C=O) groups is 24. The molecule has 53 heteroatoms. The van der Waals surface area contributed by atoms with Crippen molar-refractivity contribution in [1.29, 1.82) is 0 Å². The maximum absolute atomic E-state index is 14.6. The standard InChI is InChI=1S/C92H145N23O29S/c1-17-48(8)74(114-72(124)42-96-82(133)58(28-29-73(125)126)107-76(127)49(9)93)90(141)99-39-69(121)102-53(13)80(131)109-62(34-47(6)7)86(137)112-64(36-57-26-22-19-23-27-57)88(139)111-61(33-46(4)5)85(136)98-41-70(122)105-63(35-56-24-20-18-21-25-56)87(138)110-60(32-45(2)3)84(135)97-38-68(120)100-51(11)78(129)103-50(10)77(128)94-40-71(123)106-65(43-116)89(140)115-75(55(15)118)91(142)108-59(30-31-145-16)83(134)95-37-67(119)101-52(12)79(130)104-54(14)81(132)113-66(44-117)92(143)144/h18-27,45-55,58-66,74-75,116-118H,17,28-44,93H2,1-16H3,(H,94,128)(H,95,134)(H,96,133)(H,97,135)(H,98,136)(H,99,141)(H,100,120)(H,101,119)(H,102,121)(H,103,129)(H,104,130)(H,105,122)(H,106,123)(H,107,127)(H,108,142)(H,109,131)(H,110,138)(H,111,139)(H,112,137)(H,113,132)(H,114,124)(H,115,140)(H,125,126)(H,143,144)/t48-,49-,50-,51-,52-,53-,54-,55+,58-,59-,60-,61-,62-,63-,64-,65-,66-,74-,75-/m0/s1. The van der Waals surface area contributed by atoms with Gasteiger partial charge in [-0.15, -0.1) is 0 Å². The maximum atomic E-state index is 14.6. The number of hydrogen-bond acceptors (Lipinski definition) is 29. The summed E-state index contributed by atoms with van der Waals surface area (Å²) < 4.78 is 0. The Morgan fingerprint density at radius 1 is 0.303 bits per heavy atom. The molecular weight excluding hydrogens is 1920 g/mol. The van der Waals surface area contributed by atoms with Gasteiger partial charge in [-0.1, -0.05) is 122 Å². The molecule has 808 valence electrons. The molecule has 0 unspecified atom stereocenters. The Hall–Kier alpha value is -14.1. The lowest BCUT2D eigenvalue weighted by Gasteiger charge is -2.27. The predicted octanol–water partition coefficient (Wildman–Crippen LogP) is -9.38. The summed E-state index contributed by atoms with van der Waals surface area (Å²) in [5.41, 5.74) is 6.69. The van der Waals surface area contributed by atoms with E-state index < -0.39 is 316 Å². The predicted molar refractivity (Wildman–Crippen MR) is 522 cm³/mol. The quantitative estimate of drug-likeness (QED) is 0.0292. The number of amides is 22. The van der Waals surface area contributed by atoms with Gasteiger partial charge in [0.2, 0.25) is 130 Å². The van der Waals surface area contributed by atoms with Crippen LogP contribution in [0.2, 0.25) is 0 Å². The molecule has 22 amide bonds. The molecule has 29 N–H and O–H groups in total. The van der Waals surface area contributed by atoms with Crippen molar-refractivity contribution in [2.75, 3.05) is 64.5 Å². The molecule has 0 saturated heterocycles. The fourth-order valence-corrected chi connectivity index (χ4v) is 13.8. The fourth-order valence-electron chi connectivity index (χ4n) is 13.3. The molecule has 0 bridgehead atoms. The van der Waals surface area contributed by atoms with Crippen molar-refractivity contribution in [2.45, 2.75) is 270 Å². The molecule has 0 aromatic heterocycles. The summed E-state index contributed by atoms with van der Waals surface area (Å²) in [7, 11) is 0. The minimum Gasteiger partial charge on any atom is -0.481 e. The van der Waals surface area contributed by atoms with Gasteiger partial charge in [-0.05, 0) is 127 Å². The zero-order valence-corrected chi connectivity index (χ0v) is 85.0. The Morgan fingerprint density at radius 2 is 0.600 bits per heavy atom. The first-order valence-corrected chi connectivity index (χ1v) is 48.6. The van der Waals surface area contributed by atoms with Crippen LogP contribution < -0.4 is 123 Å². The van der Waals surface area contributed by atoms with Gasteiger partial charge in [0.05, 0.1) is 64.6 Å². The number of rotatable bonds is 66. The van der Waals surface area contributed by atoms with E-state index in [-0.39, 0.29) is 68.5 Å². The number of nitrogens with one attached hydrogen (secondary N) is 22. The number of hydrogen-bond donors (Lipinski definition) is 28. The zero-order chi connectivity index (χ0) is 110. The maximum Gasteiger partial charge on any atom is 0.328 e. The lowest BCUT2D eigenvalue weighted by atomic mass is 9.98. The highest BCUT2D eigenvalue weighted by Gasteiger charge is 2.39. The van der Waals surface area contributed by atoms with Crippen molar-refractivity contribution in [1.82, 2.24) is 117 Å². The van der Waals surface area contributed by atoms with Crippen LogP contribution in [0.1, 0.15) is 160 Å². The molecule has 2 rings (SSSR count). The highest BCUT2D eigenvalue weighted by molar-refractivity contribution is 7.98. The normalized spacial score (nSPS) is 15.0. The summed E-state index contributed by atoms with van der Waals surface area (Å²) in [6.45, 7) is 15.8. The van der Waals surface area contributed by atoms with Crippen molar-refractivity contribution in [3.05, 3.63) is 71.8 Å². The zero-order valence-electron chi connectivity index (χ0n) is 84.2. The van der Waals surface area contributed by atoms with Gasteiger partial charge in [-0.2, -0.15) is 11.8 Å². The van der Waals surface area contributed by atoms with E-state index in [0.717, 1.165) is 6.92 Å². The Morgan fingerprint density at radius 3 is 0.972 bits per heavy atom. The molecular formula is C92H145N23O29S. The van der Waals surface area contributed by atoms with Gasteiger partial charge in [0, 0.05) is 19.3 Å². The molecule has 0 aliphatic rings. The van der Waals surface area contributed by atoms with E-state index in [2.05, 4.69) is 112 Å². The highest BCUT2D eigenvalue weighted by atomic mass is 32.2. The van der Waals surface area contributed by atoms with Gasteiger partial charge in [0.25, 0.3) is 0 Å². The van der Waals surface area contributed by atoms with E-state index in [1.807, 2.05) is 5.32 Å². The van der Waals surface area contributed by atoms with Crippen molar-refractivity contribution in [3.63, 3.8) is 0 Å². The number of aliphatic hydroxyl groups excluding tert-OH is 3. The van der Waals surface area contributed by atoms with Crippen molar-refractivity contribution >= 4 is 154 Å². The molecule has 0 heterocycles. The smallest absolute Gasteiger partial charge is 0.328 e. The molecule has 0 fully saturated rings. The first-order chi connectivity index (χ1) is 68.0. The molecule has 145 heavy (non-hydrogen) atoms. The summed E-state index contributed by atoms with van der Waals surface area (Å²) in [5, 5.41) is 101. The average Bonchev–Trinajstić information content (AvgIpc) is 0.854. The summed E-state index contributed by atoms with van der Waals surface area (Å²) >= 11 is 1.26. The third kappa shape index (κ3) is 49.6. The molecule has 0 saturated carbocycles. The summed E-state index contributed by atoms with van der Waals surface area (Å²) in [6, 6.07) is -7.25. The van der Waals surface area contributed by atoms with Crippen LogP contribution in [0.5, 0.6) is 0 Å². The second-order valence-electron chi connectivity index (χ2n) is 35.9. The third-order valence-corrected chi connectivity index (χ3v) is 22.3. The number of nitrogens with two attached hydrogens (primary N) is 1. The van der Waals surface area contributed by atoms with E-state index in [1.54, 1.807) is 122 Å². The van der Waals surface area contributed by atoms with Crippen LogP contribution in [-0.2, 0) is 128 Å². The number of carboxylic acid groups (broad SMARTS) is 2. The van der Waals surface area contributed by atoms with E-state index in [9.17, 15) is 130 Å². The van der Waals surface area contributed by atoms with Crippen LogP contribution in [0.25, 0.3) is 0 Å². The third-order valence-electron chi connectivity index (χ3n) is 21.7. The molecule has 19 atom stereocenters. The number of carboxylic acids is 2. The van der Waals surface area contributed by atoms with E-state index in [4.69, 9.17) is 15.9 Å². The van der Waals surface area contributed by atoms with Crippen LogP contribution in [0, 0.1) is 23.7 Å². The Balaban J connectivity index is 2.15. The van der Waals surface area contributed by atoms with Gasteiger partial charge in [0.1, 0.15) is 96.7 Å². The lowest BCUT2D eigenvalue weighted by Crippen LogP contribution is -2.61. The molecule has 0 aliphatic carbocycles. The Labute approximate surface area is 843 Å². The molecule has 2 aromatic carbocycles. The molecule has 0 aliphatic heterocycles. The highest BCUT2D eigenvalue weighted by Crippen LogP contribution is 2.15. The monoisotopic (exact) mass is 2070 g/mol. The fraction of sp³-hybridized carbons (Fsp3) is 0.609. The van der Waals surface area contributed by atoms with Crippen molar-refractivity contribution in [3.8, 4) is 0 Å². The van der Waals surface area contributed by atoms with Gasteiger partial charge >= 0.3 is 11.9 Å². The average molecular weight is 2070 g/mol. The first-order valence-electron chi connectivity index (χ1n) is 47.2. The summed E-state index contributed by atoms with van der Waals surface area (Å²) in [5.74, 6) is -24.2. The first kappa shape index (κ1) is 127. The van der Waals surface area contributed by atoms with Gasteiger partial charge in [0.15, 0.2) is 0 Å². The number of thioether (sulfide) groups is 1. The van der Waals surface area contributed by atoms with E-state index >= 15 is 0 Å². The molecule has 2 aromatic rings. The number of carbonyl (C=O) groups excluding carboxylic acids is 22. The van der Waals surface area contributed by atoms with Crippen molar-refractivity contribution < 1.29 is 141 Å². The molecule has 0 spiro atoms. The van der Waals surface area contributed by atoms with Gasteiger partial charge in [-0.3, -0.25) is 110 Å². The van der Waals surface area contributed by atoms with Crippen LogP contribution >= 0.6 is 11.8 Å². The summed E-state index contributed by atoms with van der Waals surface area (Å²) in [6.07, 6.45) is -0.902.